The summed E-state index contributed by atoms with van der Waals surface area (Å²) in [5.41, 5.74) is 0. The number of thioether (sulfide) groups is 1. The van der Waals surface area contributed by atoms with Crippen LogP contribution in [0.1, 0.15) is 32.1 Å². The lowest BCUT2D eigenvalue weighted by Gasteiger charge is -2.24. The van der Waals surface area contributed by atoms with Crippen LogP contribution in [-0.2, 0) is 0 Å². The van der Waals surface area contributed by atoms with Crippen LogP contribution in [0.4, 0.5) is 0 Å². The fourth-order valence-corrected chi connectivity index (χ4v) is 3.69. The van der Waals surface area contributed by atoms with Gasteiger partial charge in [-0.05, 0) is 32.0 Å². The van der Waals surface area contributed by atoms with Gasteiger partial charge in [-0.25, -0.2) is 0 Å². The molecule has 16 heavy (non-hydrogen) atoms. The molecule has 1 saturated carbocycles. The normalized spacial score (nSPS) is 26.3. The van der Waals surface area contributed by atoms with Crippen LogP contribution in [0.15, 0.2) is 29.4 Å². The van der Waals surface area contributed by atoms with Gasteiger partial charge < -0.3 is 5.32 Å². The molecule has 0 bridgehead atoms. The molecule has 1 N–H and O–H groups in total. The Kier molecular flexibility index (Phi) is 4.67. The summed E-state index contributed by atoms with van der Waals surface area (Å²) in [6.07, 6.45) is 10.6. The van der Waals surface area contributed by atoms with Gasteiger partial charge in [0.25, 0.3) is 0 Å². The monoisotopic (exact) mass is 236 g/mol. The van der Waals surface area contributed by atoms with Crippen molar-refractivity contribution in [2.45, 2.75) is 48.3 Å². The summed E-state index contributed by atoms with van der Waals surface area (Å²) >= 11 is 2.01. The lowest BCUT2D eigenvalue weighted by molar-refractivity contribution is 0.510. The molecule has 0 radical (unpaired) electrons. The summed E-state index contributed by atoms with van der Waals surface area (Å²) in [6.45, 7) is 0. The quantitative estimate of drug-likeness (QED) is 0.816. The van der Waals surface area contributed by atoms with Gasteiger partial charge in [0.2, 0.25) is 0 Å². The van der Waals surface area contributed by atoms with Crippen LogP contribution in [0.5, 0.6) is 0 Å². The fourth-order valence-electron chi connectivity index (χ4n) is 2.34. The molecule has 1 aromatic rings. The Morgan fingerprint density at radius 1 is 1.19 bits per heavy atom. The number of hydrogen-bond donors (Lipinski definition) is 1. The van der Waals surface area contributed by atoms with Crippen LogP contribution in [0, 0.1) is 0 Å². The summed E-state index contributed by atoms with van der Waals surface area (Å²) in [5, 5.41) is 4.20. The fraction of sp³-hybridized carbons (Fsp3) is 0.615. The Morgan fingerprint density at radius 2 is 1.94 bits per heavy atom. The molecule has 2 unspecified atom stereocenters. The topological polar surface area (TPSA) is 24.9 Å². The maximum atomic E-state index is 4.07. The van der Waals surface area contributed by atoms with E-state index in [0.29, 0.717) is 6.04 Å². The van der Waals surface area contributed by atoms with E-state index in [1.807, 2.05) is 24.2 Å². The lowest BCUT2D eigenvalue weighted by atomic mass is 10.1. The van der Waals surface area contributed by atoms with Crippen LogP contribution >= 0.6 is 11.8 Å². The SMILES string of the molecule is CNC1CCCCCC1Sc1ccncc1. The second kappa shape index (κ2) is 6.26. The highest BCUT2D eigenvalue weighted by Crippen LogP contribution is 2.32. The molecule has 2 nitrogen and oxygen atoms in total. The number of pyridine rings is 1. The Hall–Kier alpha value is -0.540. The Balaban J connectivity index is 2.00. The van der Waals surface area contributed by atoms with Crippen molar-refractivity contribution in [1.82, 2.24) is 10.3 Å². The summed E-state index contributed by atoms with van der Waals surface area (Å²) in [7, 11) is 2.09. The molecule has 0 saturated heterocycles. The van der Waals surface area contributed by atoms with E-state index < -0.39 is 0 Å². The van der Waals surface area contributed by atoms with Crippen molar-refractivity contribution in [2.75, 3.05) is 7.05 Å². The van der Waals surface area contributed by atoms with Gasteiger partial charge in [-0.1, -0.05) is 19.3 Å². The van der Waals surface area contributed by atoms with Gasteiger partial charge in [0.05, 0.1) is 0 Å². The minimum absolute atomic E-state index is 0.667. The molecule has 0 spiro atoms. The molecule has 88 valence electrons. The van der Waals surface area contributed by atoms with Crippen LogP contribution in [0.3, 0.4) is 0 Å². The first kappa shape index (κ1) is 11.9. The molecule has 1 aliphatic rings. The summed E-state index contributed by atoms with van der Waals surface area (Å²) < 4.78 is 0. The Morgan fingerprint density at radius 3 is 2.69 bits per heavy atom. The molecule has 1 heterocycles. The highest BCUT2D eigenvalue weighted by atomic mass is 32.2. The molecule has 1 aromatic heterocycles. The van der Waals surface area contributed by atoms with Gasteiger partial charge in [0.15, 0.2) is 0 Å². The molecule has 0 aliphatic heterocycles. The van der Waals surface area contributed by atoms with Crippen molar-refractivity contribution in [3.8, 4) is 0 Å². The third kappa shape index (κ3) is 3.22. The summed E-state index contributed by atoms with van der Waals surface area (Å²) in [6, 6.07) is 4.89. The standard InChI is InChI=1S/C13H20N2S/c1-14-12-5-3-2-4-6-13(12)16-11-7-9-15-10-8-11/h7-10,12-14H,2-6H2,1H3. The van der Waals surface area contributed by atoms with E-state index in [1.165, 1.54) is 37.0 Å². The molecular weight excluding hydrogens is 216 g/mol. The van der Waals surface area contributed by atoms with E-state index in [2.05, 4.69) is 29.5 Å². The first-order valence-electron chi connectivity index (χ1n) is 6.14. The van der Waals surface area contributed by atoms with E-state index in [1.54, 1.807) is 0 Å². The van der Waals surface area contributed by atoms with E-state index in [4.69, 9.17) is 0 Å². The number of nitrogens with one attached hydrogen (secondary N) is 1. The number of nitrogens with zero attached hydrogens (tertiary/aromatic N) is 1. The van der Waals surface area contributed by atoms with Crippen molar-refractivity contribution in [3.63, 3.8) is 0 Å². The maximum absolute atomic E-state index is 4.07. The van der Waals surface area contributed by atoms with Crippen LogP contribution in [0.2, 0.25) is 0 Å². The van der Waals surface area contributed by atoms with Crippen molar-refractivity contribution in [3.05, 3.63) is 24.5 Å². The van der Waals surface area contributed by atoms with Crippen LogP contribution in [-0.4, -0.2) is 23.3 Å². The number of aromatic nitrogens is 1. The molecule has 0 amide bonds. The van der Waals surface area contributed by atoms with E-state index in [-0.39, 0.29) is 0 Å². The molecule has 3 heteroatoms. The van der Waals surface area contributed by atoms with Crippen molar-refractivity contribution in [2.24, 2.45) is 0 Å². The number of rotatable bonds is 3. The second-order valence-electron chi connectivity index (χ2n) is 4.37. The lowest BCUT2D eigenvalue weighted by Crippen LogP contribution is -2.34. The average molecular weight is 236 g/mol. The first-order chi connectivity index (χ1) is 7.90. The smallest absolute Gasteiger partial charge is 0.0278 e. The van der Waals surface area contributed by atoms with E-state index in [9.17, 15) is 0 Å². The highest BCUT2D eigenvalue weighted by Gasteiger charge is 2.22. The second-order valence-corrected chi connectivity index (χ2v) is 5.69. The zero-order valence-electron chi connectivity index (χ0n) is 9.86. The molecule has 2 rings (SSSR count). The van der Waals surface area contributed by atoms with Crippen molar-refractivity contribution in [1.29, 1.82) is 0 Å². The molecule has 2 atom stereocenters. The minimum atomic E-state index is 0.667. The predicted molar refractivity (Wildman–Crippen MR) is 69.8 cm³/mol. The summed E-state index contributed by atoms with van der Waals surface area (Å²) in [4.78, 5) is 5.42. The number of hydrogen-bond acceptors (Lipinski definition) is 3. The molecule has 0 aromatic carbocycles. The van der Waals surface area contributed by atoms with Gasteiger partial charge >= 0.3 is 0 Å². The zero-order chi connectivity index (χ0) is 11.2. The minimum Gasteiger partial charge on any atom is -0.316 e. The van der Waals surface area contributed by atoms with E-state index in [0.717, 1.165) is 5.25 Å². The van der Waals surface area contributed by atoms with Gasteiger partial charge in [-0.15, -0.1) is 11.8 Å². The highest BCUT2D eigenvalue weighted by molar-refractivity contribution is 8.00. The van der Waals surface area contributed by atoms with Gasteiger partial charge in [-0.2, -0.15) is 0 Å². The summed E-state index contributed by atoms with van der Waals surface area (Å²) in [5.74, 6) is 0. The largest absolute Gasteiger partial charge is 0.316 e. The van der Waals surface area contributed by atoms with Gasteiger partial charge in [0, 0.05) is 28.6 Å². The van der Waals surface area contributed by atoms with Crippen molar-refractivity contribution < 1.29 is 0 Å². The Labute approximate surface area is 102 Å². The third-order valence-corrected chi connectivity index (χ3v) is 4.67. The maximum Gasteiger partial charge on any atom is 0.0278 e. The molecular formula is C13H20N2S. The van der Waals surface area contributed by atoms with Crippen LogP contribution < -0.4 is 5.32 Å². The zero-order valence-corrected chi connectivity index (χ0v) is 10.7. The first-order valence-corrected chi connectivity index (χ1v) is 7.02. The predicted octanol–water partition coefficient (Wildman–Crippen LogP) is 3.09. The third-order valence-electron chi connectivity index (χ3n) is 3.26. The molecule has 1 aliphatic carbocycles. The van der Waals surface area contributed by atoms with Gasteiger partial charge in [0.1, 0.15) is 0 Å². The Bertz CT molecular complexity index is 302. The van der Waals surface area contributed by atoms with E-state index >= 15 is 0 Å². The van der Waals surface area contributed by atoms with Gasteiger partial charge in [-0.3, -0.25) is 4.98 Å². The van der Waals surface area contributed by atoms with Crippen LogP contribution in [0.25, 0.3) is 0 Å². The van der Waals surface area contributed by atoms with Crippen molar-refractivity contribution >= 4 is 11.8 Å². The average Bonchev–Trinajstić information content (AvgIpc) is 2.55. The molecule has 1 fully saturated rings.